The van der Waals surface area contributed by atoms with Crippen molar-refractivity contribution in [2.45, 2.75) is 0 Å². The van der Waals surface area contributed by atoms with E-state index >= 15 is 0 Å². The van der Waals surface area contributed by atoms with Crippen molar-refractivity contribution < 1.29 is 28.5 Å². The van der Waals surface area contributed by atoms with Crippen molar-refractivity contribution in [3.05, 3.63) is 57.3 Å². The number of benzene rings is 2. The number of piperazine rings is 1. The van der Waals surface area contributed by atoms with Gasteiger partial charge in [-0.25, -0.2) is 0 Å². The zero-order valence-electron chi connectivity index (χ0n) is 22.5. The summed E-state index contributed by atoms with van der Waals surface area (Å²) in [6, 6.07) is 11.0. The minimum atomic E-state index is -0.261. The Morgan fingerprint density at radius 3 is 1.35 bits per heavy atom. The summed E-state index contributed by atoms with van der Waals surface area (Å²) in [4.78, 5) is 39.1. The quantitative estimate of drug-likeness (QED) is 0.466. The van der Waals surface area contributed by atoms with Crippen LogP contribution in [0.2, 0.25) is 0 Å². The second-order valence-electron chi connectivity index (χ2n) is 8.82. The average molecular weight is 581 g/mol. The number of thioether (sulfide) groups is 2. The molecule has 5 rings (SSSR count). The molecule has 0 saturated carbocycles. The molecule has 2 aromatic carbocycles. The topological polar surface area (TPSA) is 102 Å². The van der Waals surface area contributed by atoms with Crippen LogP contribution in [0.1, 0.15) is 11.1 Å². The van der Waals surface area contributed by atoms with Gasteiger partial charge in [-0.05, 0) is 71.1 Å². The van der Waals surface area contributed by atoms with Crippen LogP contribution >= 0.6 is 23.5 Å². The lowest BCUT2D eigenvalue weighted by molar-refractivity contribution is -0.114. The van der Waals surface area contributed by atoms with E-state index in [9.17, 15) is 9.59 Å². The summed E-state index contributed by atoms with van der Waals surface area (Å²) in [7, 11) is 6.31. The predicted molar refractivity (Wildman–Crippen MR) is 158 cm³/mol. The summed E-state index contributed by atoms with van der Waals surface area (Å²) in [6.45, 7) is 2.63. The summed E-state index contributed by atoms with van der Waals surface area (Å²) in [6.07, 6.45) is 3.62. The Morgan fingerprint density at radius 1 is 0.625 bits per heavy atom. The van der Waals surface area contributed by atoms with Gasteiger partial charge in [0, 0.05) is 26.2 Å². The van der Waals surface area contributed by atoms with Crippen molar-refractivity contribution in [3.63, 3.8) is 0 Å². The van der Waals surface area contributed by atoms with E-state index in [1.165, 1.54) is 23.5 Å². The molecule has 1 saturated heterocycles. The first-order chi connectivity index (χ1) is 19.4. The molecule has 0 aliphatic carbocycles. The van der Waals surface area contributed by atoms with Crippen molar-refractivity contribution in [2.75, 3.05) is 54.6 Å². The molecule has 0 N–H and O–H groups in total. The fourth-order valence-electron chi connectivity index (χ4n) is 4.34. The maximum Gasteiger partial charge on any atom is 0.286 e. The van der Waals surface area contributed by atoms with Gasteiger partial charge in [0.1, 0.15) is 0 Å². The van der Waals surface area contributed by atoms with Gasteiger partial charge in [-0.15, -0.1) is 0 Å². The van der Waals surface area contributed by atoms with Gasteiger partial charge >= 0.3 is 0 Å². The molecule has 0 atom stereocenters. The Hall–Kier alpha value is -3.90. The first kappa shape index (κ1) is 27.7. The SMILES string of the molecule is COc1ccc(C=C2SC(N3CCN(C4=NC(=O)C(=Cc5ccc(OC)c(OC)c5)S4)CC3)=NC2=O)cc1OC. The van der Waals surface area contributed by atoms with Gasteiger partial charge in [-0.1, -0.05) is 12.1 Å². The second-order valence-corrected chi connectivity index (χ2v) is 10.8. The van der Waals surface area contributed by atoms with Crippen LogP contribution in [-0.4, -0.2) is 86.6 Å². The van der Waals surface area contributed by atoms with Gasteiger partial charge in [0.2, 0.25) is 0 Å². The summed E-state index contributed by atoms with van der Waals surface area (Å²) in [5, 5.41) is 1.37. The van der Waals surface area contributed by atoms with Crippen molar-refractivity contribution in [2.24, 2.45) is 9.98 Å². The molecule has 0 bridgehead atoms. The lowest BCUT2D eigenvalue weighted by atomic mass is 10.2. The standard InChI is InChI=1S/C28H28N4O6S2/c1-35-19-7-5-17(13-21(19)37-3)15-23-25(33)29-27(39-23)31-9-11-32(12-10-31)28-30-26(34)24(40-28)16-18-6-8-20(36-2)22(14-18)38-4/h5-8,13-16H,9-12H2,1-4H3. The van der Waals surface area contributed by atoms with E-state index in [-0.39, 0.29) is 11.8 Å². The Bertz CT molecular complexity index is 1350. The van der Waals surface area contributed by atoms with Gasteiger partial charge in [-0.3, -0.25) is 9.59 Å². The lowest BCUT2D eigenvalue weighted by Crippen LogP contribution is -2.49. The molecule has 3 heterocycles. The molecule has 2 aromatic rings. The fourth-order valence-corrected chi connectivity index (χ4v) is 6.27. The fraction of sp³-hybridized carbons (Fsp3) is 0.286. The number of carbonyl (C=O) groups is 2. The molecule has 10 nitrogen and oxygen atoms in total. The molecule has 1 fully saturated rings. The molecule has 2 amide bonds. The van der Waals surface area contributed by atoms with Crippen molar-refractivity contribution >= 4 is 57.8 Å². The zero-order chi connectivity index (χ0) is 28.2. The number of carbonyl (C=O) groups excluding carboxylic acids is 2. The van der Waals surface area contributed by atoms with E-state index in [4.69, 9.17) is 18.9 Å². The van der Waals surface area contributed by atoms with Gasteiger partial charge in [0.05, 0.1) is 38.2 Å². The highest BCUT2D eigenvalue weighted by Crippen LogP contribution is 2.35. The van der Waals surface area contributed by atoms with Crippen LogP contribution in [0.25, 0.3) is 12.2 Å². The lowest BCUT2D eigenvalue weighted by Gasteiger charge is -2.35. The first-order valence-corrected chi connectivity index (χ1v) is 14.0. The number of hydrogen-bond acceptors (Lipinski definition) is 10. The highest BCUT2D eigenvalue weighted by molar-refractivity contribution is 8.18. The third kappa shape index (κ3) is 5.82. The van der Waals surface area contributed by atoms with Crippen molar-refractivity contribution in [1.29, 1.82) is 0 Å². The number of ether oxygens (including phenoxy) is 4. The van der Waals surface area contributed by atoms with Crippen LogP contribution in [0.3, 0.4) is 0 Å². The molecular weight excluding hydrogens is 552 g/mol. The third-order valence-electron chi connectivity index (χ3n) is 6.45. The van der Waals surface area contributed by atoms with Gasteiger partial charge in [0.15, 0.2) is 33.3 Å². The molecule has 208 valence electrons. The number of nitrogens with zero attached hydrogens (tertiary/aromatic N) is 4. The number of amides is 2. The normalized spacial score (nSPS) is 19.3. The molecule has 3 aliphatic heterocycles. The largest absolute Gasteiger partial charge is 0.493 e. The molecule has 0 unspecified atom stereocenters. The van der Waals surface area contributed by atoms with E-state index in [2.05, 4.69) is 19.8 Å². The maximum atomic E-state index is 12.6. The molecular formula is C28H28N4O6S2. The molecule has 0 spiro atoms. The maximum absolute atomic E-state index is 12.6. The van der Waals surface area contributed by atoms with Gasteiger partial charge < -0.3 is 28.7 Å². The predicted octanol–water partition coefficient (Wildman–Crippen LogP) is 3.98. The van der Waals surface area contributed by atoms with E-state index < -0.39 is 0 Å². The van der Waals surface area contributed by atoms with Crippen molar-refractivity contribution in [1.82, 2.24) is 9.80 Å². The van der Waals surface area contributed by atoms with Crippen LogP contribution < -0.4 is 18.9 Å². The highest BCUT2D eigenvalue weighted by Gasteiger charge is 2.32. The van der Waals surface area contributed by atoms with Crippen molar-refractivity contribution in [3.8, 4) is 23.0 Å². The van der Waals surface area contributed by atoms with E-state index in [1.54, 1.807) is 40.6 Å². The van der Waals surface area contributed by atoms with Crippen LogP contribution in [0, 0.1) is 0 Å². The summed E-state index contributed by atoms with van der Waals surface area (Å²) in [5.74, 6) is 1.92. The monoisotopic (exact) mass is 580 g/mol. The summed E-state index contributed by atoms with van der Waals surface area (Å²) >= 11 is 2.73. The number of amidine groups is 2. The average Bonchev–Trinajstić information content (AvgIpc) is 3.54. The van der Waals surface area contributed by atoms with Crippen LogP contribution in [0.4, 0.5) is 0 Å². The van der Waals surface area contributed by atoms with Gasteiger partial charge in [0.25, 0.3) is 11.8 Å². The minimum Gasteiger partial charge on any atom is -0.493 e. The number of aliphatic imine (C=N–C) groups is 2. The van der Waals surface area contributed by atoms with Crippen LogP contribution in [0.5, 0.6) is 23.0 Å². The Balaban J connectivity index is 1.19. The Labute approximate surface area is 240 Å². The van der Waals surface area contributed by atoms with E-state index in [0.717, 1.165) is 11.1 Å². The number of methoxy groups -OCH3 is 4. The first-order valence-electron chi connectivity index (χ1n) is 12.4. The molecule has 12 heteroatoms. The van der Waals surface area contributed by atoms with E-state index in [0.29, 0.717) is 69.3 Å². The zero-order valence-corrected chi connectivity index (χ0v) is 24.1. The smallest absolute Gasteiger partial charge is 0.286 e. The molecule has 3 aliphatic rings. The minimum absolute atomic E-state index is 0.261. The Morgan fingerprint density at radius 2 is 1.00 bits per heavy atom. The Kier molecular flexibility index (Phi) is 8.36. The second kappa shape index (κ2) is 12.1. The summed E-state index contributed by atoms with van der Waals surface area (Å²) in [5.41, 5.74) is 1.65. The number of rotatable bonds is 6. The molecule has 0 radical (unpaired) electrons. The third-order valence-corrected chi connectivity index (χ3v) is 8.54. The van der Waals surface area contributed by atoms with Crippen LogP contribution in [-0.2, 0) is 9.59 Å². The van der Waals surface area contributed by atoms with Gasteiger partial charge in [-0.2, -0.15) is 9.98 Å². The highest BCUT2D eigenvalue weighted by atomic mass is 32.2. The summed E-state index contributed by atoms with van der Waals surface area (Å²) < 4.78 is 21.3. The molecule has 40 heavy (non-hydrogen) atoms. The van der Waals surface area contributed by atoms with Crippen LogP contribution in [0.15, 0.2) is 56.2 Å². The molecule has 0 aromatic heterocycles. The number of hydrogen-bond donors (Lipinski definition) is 0. The van der Waals surface area contributed by atoms with E-state index in [1.807, 2.05) is 36.4 Å².